The predicted molar refractivity (Wildman–Crippen MR) is 149 cm³/mol. The number of nitriles is 1. The minimum absolute atomic E-state index is 0.101. The van der Waals surface area contributed by atoms with E-state index in [2.05, 4.69) is 24.4 Å². The summed E-state index contributed by atoms with van der Waals surface area (Å²) < 4.78 is 5.54. The quantitative estimate of drug-likeness (QED) is 0.307. The number of anilines is 2. The van der Waals surface area contributed by atoms with Crippen LogP contribution in [0.2, 0.25) is 0 Å². The van der Waals surface area contributed by atoms with Gasteiger partial charge in [-0.25, -0.2) is 0 Å². The van der Waals surface area contributed by atoms with Crippen LogP contribution in [-0.4, -0.2) is 23.7 Å². The molecule has 1 aliphatic rings. The lowest BCUT2D eigenvalue weighted by Gasteiger charge is -2.19. The first-order valence-electron chi connectivity index (χ1n) is 12.1. The third-order valence-electron chi connectivity index (χ3n) is 6.21. The summed E-state index contributed by atoms with van der Waals surface area (Å²) in [4.78, 5) is 28.4. The van der Waals surface area contributed by atoms with E-state index < -0.39 is 11.2 Å². The minimum atomic E-state index is -0.551. The maximum absolute atomic E-state index is 13.7. The fourth-order valence-electron chi connectivity index (χ4n) is 4.06. The first-order valence-corrected chi connectivity index (χ1v) is 13.0. The zero-order chi connectivity index (χ0) is 26.5. The van der Waals surface area contributed by atoms with Crippen molar-refractivity contribution in [3.8, 4) is 11.8 Å². The number of carbonyl (C=O) groups is 2. The molecular weight excluding hydrogens is 482 g/mol. The van der Waals surface area contributed by atoms with Crippen LogP contribution in [-0.2, 0) is 16.0 Å². The Balaban J connectivity index is 1.71. The molecule has 37 heavy (non-hydrogen) atoms. The highest BCUT2D eigenvalue weighted by Crippen LogP contribution is 2.42. The van der Waals surface area contributed by atoms with Crippen molar-refractivity contribution in [1.82, 2.24) is 0 Å². The summed E-state index contributed by atoms with van der Waals surface area (Å²) in [5.41, 5.74) is 5.49. The molecule has 0 radical (unpaired) electrons. The maximum atomic E-state index is 13.7. The van der Waals surface area contributed by atoms with Crippen molar-refractivity contribution in [2.24, 2.45) is 0 Å². The van der Waals surface area contributed by atoms with Gasteiger partial charge in [0.05, 0.1) is 11.9 Å². The van der Waals surface area contributed by atoms with Crippen LogP contribution in [0.3, 0.4) is 0 Å². The zero-order valence-electron chi connectivity index (χ0n) is 21.4. The second-order valence-corrected chi connectivity index (χ2v) is 10.1. The number of hydrogen-bond donors (Lipinski definition) is 1. The Bertz CT molecular complexity index is 1390. The Morgan fingerprint density at radius 3 is 2.35 bits per heavy atom. The molecule has 0 aromatic heterocycles. The summed E-state index contributed by atoms with van der Waals surface area (Å²) in [6.07, 6.45) is 0.486. The van der Waals surface area contributed by atoms with Gasteiger partial charge in [0.25, 0.3) is 5.91 Å². The lowest BCUT2D eigenvalue weighted by molar-refractivity contribution is -0.117. The van der Waals surface area contributed by atoms with Crippen molar-refractivity contribution in [2.75, 3.05) is 16.8 Å². The number of nitrogens with zero attached hydrogens (tertiary/aromatic N) is 2. The average molecular weight is 512 g/mol. The maximum Gasteiger partial charge on any atom is 0.269 e. The van der Waals surface area contributed by atoms with Gasteiger partial charge < -0.3 is 10.1 Å². The van der Waals surface area contributed by atoms with Gasteiger partial charge in [-0.3, -0.25) is 14.5 Å². The highest BCUT2D eigenvalue weighted by Gasteiger charge is 2.40. The van der Waals surface area contributed by atoms with Crippen LogP contribution in [0.15, 0.2) is 77.3 Å². The number of nitrogens with one attached hydrogen (secondary N) is 1. The van der Waals surface area contributed by atoms with Crippen molar-refractivity contribution in [3.05, 3.63) is 99.6 Å². The molecule has 2 amide bonds. The van der Waals surface area contributed by atoms with Crippen molar-refractivity contribution >= 4 is 35.0 Å². The minimum Gasteiger partial charge on any atom is -0.494 e. The molecule has 0 saturated carbocycles. The Labute approximate surface area is 221 Å². The largest absolute Gasteiger partial charge is 0.494 e. The van der Waals surface area contributed by atoms with Gasteiger partial charge in [-0.1, -0.05) is 47.7 Å². The number of rotatable bonds is 7. The molecule has 0 bridgehead atoms. The molecule has 1 N–H and O–H groups in total. The number of amides is 2. The van der Waals surface area contributed by atoms with E-state index in [9.17, 15) is 14.9 Å². The number of thioether (sulfide) groups is 1. The van der Waals surface area contributed by atoms with Crippen LogP contribution in [0.1, 0.15) is 29.2 Å². The molecule has 1 saturated heterocycles. The molecule has 7 heteroatoms. The summed E-state index contributed by atoms with van der Waals surface area (Å²) >= 11 is 1.26. The lowest BCUT2D eigenvalue weighted by atomic mass is 10.0. The molecule has 1 fully saturated rings. The van der Waals surface area contributed by atoms with Crippen molar-refractivity contribution in [1.29, 1.82) is 5.26 Å². The molecule has 0 aliphatic carbocycles. The van der Waals surface area contributed by atoms with Gasteiger partial charge in [-0.05, 0) is 87.2 Å². The molecule has 0 spiro atoms. The molecular formula is C30H29N3O3S. The number of benzene rings is 3. The normalized spacial score (nSPS) is 16.4. The van der Waals surface area contributed by atoms with Gasteiger partial charge in [0.1, 0.15) is 22.4 Å². The molecule has 3 aromatic carbocycles. The van der Waals surface area contributed by atoms with Crippen LogP contribution < -0.4 is 15.0 Å². The van der Waals surface area contributed by atoms with Gasteiger partial charge >= 0.3 is 0 Å². The van der Waals surface area contributed by atoms with Crippen LogP contribution in [0.5, 0.6) is 5.75 Å². The van der Waals surface area contributed by atoms with Gasteiger partial charge in [0, 0.05) is 11.4 Å². The van der Waals surface area contributed by atoms with E-state index in [1.807, 2.05) is 45.0 Å². The van der Waals surface area contributed by atoms with Crippen LogP contribution in [0, 0.1) is 32.1 Å². The van der Waals surface area contributed by atoms with Gasteiger partial charge in [0.15, 0.2) is 0 Å². The fourth-order valence-corrected chi connectivity index (χ4v) is 5.36. The first-order chi connectivity index (χ1) is 17.8. The number of hydrogen-bond acceptors (Lipinski definition) is 5. The zero-order valence-corrected chi connectivity index (χ0v) is 22.2. The van der Waals surface area contributed by atoms with Gasteiger partial charge in [0.2, 0.25) is 5.91 Å². The smallest absolute Gasteiger partial charge is 0.269 e. The SMILES string of the molecule is CCOc1ccc(N2C(=O)C(Cc3ccc(C)c(C)c3)S/C2=C(/C#N)C(=O)Nc2ccc(C)cc2)cc1. The first kappa shape index (κ1) is 26.1. The van der Waals surface area contributed by atoms with E-state index in [-0.39, 0.29) is 11.5 Å². The fraction of sp³-hybridized carbons (Fsp3) is 0.233. The van der Waals surface area contributed by atoms with E-state index in [0.717, 1.165) is 16.7 Å². The molecule has 4 rings (SSSR count). The second-order valence-electron chi connectivity index (χ2n) is 8.94. The number of carbonyl (C=O) groups excluding carboxylic acids is 2. The summed E-state index contributed by atoms with van der Waals surface area (Å²) in [6.45, 7) is 8.48. The third kappa shape index (κ3) is 5.87. The lowest BCUT2D eigenvalue weighted by Crippen LogP contribution is -2.31. The topological polar surface area (TPSA) is 82.4 Å². The van der Waals surface area contributed by atoms with E-state index >= 15 is 0 Å². The van der Waals surface area contributed by atoms with Gasteiger partial charge in [-0.15, -0.1) is 0 Å². The Morgan fingerprint density at radius 2 is 1.73 bits per heavy atom. The summed E-state index contributed by atoms with van der Waals surface area (Å²) in [5.74, 6) is -0.0388. The molecule has 1 heterocycles. The Hall–Kier alpha value is -4.02. The average Bonchev–Trinajstić information content (AvgIpc) is 3.19. The number of aryl methyl sites for hydroxylation is 3. The molecule has 1 unspecified atom stereocenters. The van der Waals surface area contributed by atoms with E-state index in [4.69, 9.17) is 4.74 Å². The van der Waals surface area contributed by atoms with Crippen molar-refractivity contribution < 1.29 is 14.3 Å². The Morgan fingerprint density at radius 1 is 1.03 bits per heavy atom. The second kappa shape index (κ2) is 11.4. The highest BCUT2D eigenvalue weighted by atomic mass is 32.2. The summed E-state index contributed by atoms with van der Waals surface area (Å²) in [5, 5.41) is 12.7. The standard InChI is InChI=1S/C30H29N3O3S/c1-5-36-25-14-12-24(13-15-25)33-29(35)27(17-22-9-8-20(3)21(4)16-22)37-30(33)26(18-31)28(34)32-23-10-6-19(2)7-11-23/h6-16,27H,5,17H2,1-4H3,(H,32,34)/b30-26-. The molecule has 1 aliphatic heterocycles. The van der Waals surface area contributed by atoms with Gasteiger partial charge in [-0.2, -0.15) is 5.26 Å². The Kier molecular flexibility index (Phi) is 8.00. The van der Waals surface area contributed by atoms with Crippen LogP contribution >= 0.6 is 11.8 Å². The van der Waals surface area contributed by atoms with Crippen LogP contribution in [0.25, 0.3) is 0 Å². The number of ether oxygens (including phenoxy) is 1. The summed E-state index contributed by atoms with van der Waals surface area (Å²) in [7, 11) is 0. The molecule has 3 aromatic rings. The summed E-state index contributed by atoms with van der Waals surface area (Å²) in [6, 6.07) is 22.7. The van der Waals surface area contributed by atoms with E-state index in [1.165, 1.54) is 22.2 Å². The van der Waals surface area contributed by atoms with E-state index in [1.54, 1.807) is 36.4 Å². The predicted octanol–water partition coefficient (Wildman–Crippen LogP) is 6.08. The third-order valence-corrected chi connectivity index (χ3v) is 7.48. The van der Waals surface area contributed by atoms with Crippen molar-refractivity contribution in [3.63, 3.8) is 0 Å². The van der Waals surface area contributed by atoms with Crippen molar-refractivity contribution in [2.45, 2.75) is 39.4 Å². The van der Waals surface area contributed by atoms with Crippen LogP contribution in [0.4, 0.5) is 11.4 Å². The molecule has 188 valence electrons. The molecule has 6 nitrogen and oxygen atoms in total. The molecule has 1 atom stereocenters. The monoisotopic (exact) mass is 511 g/mol. The highest BCUT2D eigenvalue weighted by molar-refractivity contribution is 8.05. The van der Waals surface area contributed by atoms with E-state index in [0.29, 0.717) is 35.2 Å².